The van der Waals surface area contributed by atoms with Gasteiger partial charge in [-0.05, 0) is 31.9 Å². The summed E-state index contributed by atoms with van der Waals surface area (Å²) in [7, 11) is 1.74. The van der Waals surface area contributed by atoms with Gasteiger partial charge < -0.3 is 14.4 Å². The number of methoxy groups -OCH3 is 1. The molecule has 5 nitrogen and oxygen atoms in total. The molecule has 0 bridgehead atoms. The molecule has 2 aliphatic heterocycles. The van der Waals surface area contributed by atoms with Crippen molar-refractivity contribution in [3.8, 4) is 6.07 Å². The number of fused-ring (bicyclic) bond motifs is 3. The molecule has 1 aliphatic carbocycles. The summed E-state index contributed by atoms with van der Waals surface area (Å²) in [5.41, 5.74) is 1.77. The van der Waals surface area contributed by atoms with Gasteiger partial charge in [-0.25, -0.2) is 0 Å². The van der Waals surface area contributed by atoms with Crippen LogP contribution in [0.1, 0.15) is 32.3 Å². The van der Waals surface area contributed by atoms with E-state index in [0.29, 0.717) is 12.1 Å². The van der Waals surface area contributed by atoms with Gasteiger partial charge in [0.1, 0.15) is 5.60 Å². The third-order valence-corrected chi connectivity index (χ3v) is 5.71. The first kappa shape index (κ1) is 17.1. The maximum atomic E-state index is 9.30. The highest BCUT2D eigenvalue weighted by Gasteiger charge is 2.57. The molecular weight excluding hydrogens is 326 g/mol. The maximum Gasteiger partial charge on any atom is 0.191 e. The lowest BCUT2D eigenvalue weighted by Gasteiger charge is -2.35. The summed E-state index contributed by atoms with van der Waals surface area (Å²) in [5, 5.41) is 9.30. The molecule has 0 radical (unpaired) electrons. The zero-order valence-corrected chi connectivity index (χ0v) is 15.6. The fourth-order valence-electron chi connectivity index (χ4n) is 4.48. The molecule has 136 valence electrons. The largest absolute Gasteiger partial charge is 0.501 e. The molecule has 0 amide bonds. The molecule has 0 N–H and O–H groups in total. The lowest BCUT2D eigenvalue weighted by molar-refractivity contribution is -0.110. The molecule has 3 aliphatic rings. The van der Waals surface area contributed by atoms with Gasteiger partial charge in [0.15, 0.2) is 6.35 Å². The molecule has 0 saturated carbocycles. The summed E-state index contributed by atoms with van der Waals surface area (Å²) in [5.74, 6) is 1.04. The number of ether oxygens (including phenoxy) is 2. The van der Waals surface area contributed by atoms with Crippen molar-refractivity contribution in [3.05, 3.63) is 59.5 Å². The van der Waals surface area contributed by atoms with Crippen molar-refractivity contribution in [2.75, 3.05) is 7.11 Å². The molecule has 3 unspecified atom stereocenters. The second-order valence-corrected chi connectivity index (χ2v) is 7.63. The number of nitriles is 1. The molecule has 2 saturated heterocycles. The highest BCUT2D eigenvalue weighted by atomic mass is 16.6. The molecule has 1 aromatic rings. The minimum absolute atomic E-state index is 0.149. The zero-order valence-electron chi connectivity index (χ0n) is 15.6. The fourth-order valence-corrected chi connectivity index (χ4v) is 4.48. The highest BCUT2D eigenvalue weighted by Crippen LogP contribution is 2.48. The zero-order chi connectivity index (χ0) is 18.3. The van der Waals surface area contributed by atoms with Crippen molar-refractivity contribution in [1.29, 1.82) is 5.26 Å². The standard InChI is InChI=1S/C21H25N3O2/c1-21(2)19(11-12-22)24-17-10-9-16(25-3)13-18(17)23(20(24)26-21)14-15-7-5-4-6-8-15/h4-9,11,17-18,20H,10,13-14H2,1-3H3/b19-11-. The molecule has 2 fully saturated rings. The Morgan fingerprint density at radius 3 is 2.77 bits per heavy atom. The van der Waals surface area contributed by atoms with Gasteiger partial charge in [0, 0.05) is 25.1 Å². The summed E-state index contributed by atoms with van der Waals surface area (Å²) in [4.78, 5) is 4.74. The van der Waals surface area contributed by atoms with Crippen molar-refractivity contribution in [2.45, 2.75) is 57.3 Å². The second kappa shape index (κ2) is 6.46. The Hall–Kier alpha value is -2.29. The van der Waals surface area contributed by atoms with E-state index in [-0.39, 0.29) is 6.35 Å². The number of benzene rings is 1. The summed E-state index contributed by atoms with van der Waals surface area (Å²) in [6.07, 6.45) is 5.45. The molecule has 5 heteroatoms. The quantitative estimate of drug-likeness (QED) is 0.782. The van der Waals surface area contributed by atoms with E-state index in [0.717, 1.165) is 30.8 Å². The van der Waals surface area contributed by atoms with Crippen molar-refractivity contribution >= 4 is 0 Å². The van der Waals surface area contributed by atoms with Crippen molar-refractivity contribution in [3.63, 3.8) is 0 Å². The van der Waals surface area contributed by atoms with Crippen LogP contribution in [-0.4, -0.2) is 40.9 Å². The summed E-state index contributed by atoms with van der Waals surface area (Å²) in [6.45, 7) is 4.91. The molecule has 26 heavy (non-hydrogen) atoms. The maximum absolute atomic E-state index is 9.30. The Morgan fingerprint density at radius 2 is 2.08 bits per heavy atom. The Kier molecular flexibility index (Phi) is 4.26. The average molecular weight is 351 g/mol. The molecule has 0 spiro atoms. The van der Waals surface area contributed by atoms with Crippen LogP contribution in [0.4, 0.5) is 0 Å². The minimum atomic E-state index is -0.467. The van der Waals surface area contributed by atoms with Crippen molar-refractivity contribution < 1.29 is 9.47 Å². The van der Waals surface area contributed by atoms with Gasteiger partial charge in [0.2, 0.25) is 0 Å². The van der Waals surface area contributed by atoms with Gasteiger partial charge in [0.25, 0.3) is 0 Å². The first-order chi connectivity index (χ1) is 12.5. The lowest BCUT2D eigenvalue weighted by atomic mass is 9.92. The van der Waals surface area contributed by atoms with Crippen molar-refractivity contribution in [1.82, 2.24) is 9.80 Å². The number of rotatable bonds is 3. The van der Waals surface area contributed by atoms with E-state index in [2.05, 4.69) is 46.2 Å². The average Bonchev–Trinajstić information content (AvgIpc) is 3.06. The van der Waals surface area contributed by atoms with Crippen molar-refractivity contribution in [2.24, 2.45) is 0 Å². The highest BCUT2D eigenvalue weighted by molar-refractivity contribution is 5.29. The van der Waals surface area contributed by atoms with Gasteiger partial charge in [-0.1, -0.05) is 30.3 Å². The predicted octanol–water partition coefficient (Wildman–Crippen LogP) is 3.37. The van der Waals surface area contributed by atoms with Crippen LogP contribution in [0, 0.1) is 11.3 Å². The Labute approximate surface area is 155 Å². The van der Waals surface area contributed by atoms with Crippen LogP contribution >= 0.6 is 0 Å². The van der Waals surface area contributed by atoms with Gasteiger partial charge in [-0.15, -0.1) is 0 Å². The van der Waals surface area contributed by atoms with Crippen LogP contribution < -0.4 is 0 Å². The second-order valence-electron chi connectivity index (χ2n) is 7.63. The first-order valence-corrected chi connectivity index (χ1v) is 9.14. The van der Waals surface area contributed by atoms with Gasteiger partial charge in [0.05, 0.1) is 30.7 Å². The Balaban J connectivity index is 1.72. The smallest absolute Gasteiger partial charge is 0.191 e. The van der Waals surface area contributed by atoms with Crippen LogP contribution in [0.5, 0.6) is 0 Å². The molecule has 1 aromatic carbocycles. The van der Waals surface area contributed by atoms with E-state index in [4.69, 9.17) is 9.47 Å². The SMILES string of the molecule is COC1=CCC2C(C1)N(Cc1ccccc1)C1OC(C)(C)/C(=C/C#N)N21. The first-order valence-electron chi connectivity index (χ1n) is 9.14. The summed E-state index contributed by atoms with van der Waals surface area (Å²) >= 11 is 0. The van der Waals surface area contributed by atoms with E-state index < -0.39 is 5.60 Å². The molecule has 3 atom stereocenters. The number of nitrogens with zero attached hydrogens (tertiary/aromatic N) is 3. The third-order valence-electron chi connectivity index (χ3n) is 5.71. The molecule has 2 heterocycles. The van der Waals surface area contributed by atoms with Crippen LogP contribution in [-0.2, 0) is 16.0 Å². The summed E-state index contributed by atoms with van der Waals surface area (Å²) in [6, 6.07) is 13.3. The van der Waals surface area contributed by atoms with Crippen LogP contribution in [0.3, 0.4) is 0 Å². The fraction of sp³-hybridized carbons (Fsp3) is 0.476. The lowest BCUT2D eigenvalue weighted by Crippen LogP contribution is -2.43. The van der Waals surface area contributed by atoms with Crippen LogP contribution in [0.25, 0.3) is 0 Å². The normalized spacial score (nSPS) is 31.3. The Bertz CT molecular complexity index is 778. The van der Waals surface area contributed by atoms with Crippen LogP contribution in [0.15, 0.2) is 53.9 Å². The third kappa shape index (κ3) is 2.70. The number of allylic oxidation sites excluding steroid dienone is 1. The van der Waals surface area contributed by atoms with Gasteiger partial charge >= 0.3 is 0 Å². The van der Waals surface area contributed by atoms with E-state index in [1.165, 1.54) is 5.56 Å². The topological polar surface area (TPSA) is 48.7 Å². The Morgan fingerprint density at radius 1 is 1.31 bits per heavy atom. The monoisotopic (exact) mass is 351 g/mol. The number of hydrogen-bond acceptors (Lipinski definition) is 5. The van der Waals surface area contributed by atoms with Gasteiger partial charge in [-0.3, -0.25) is 4.90 Å². The minimum Gasteiger partial charge on any atom is -0.501 e. The van der Waals surface area contributed by atoms with E-state index in [9.17, 15) is 5.26 Å². The van der Waals surface area contributed by atoms with Crippen LogP contribution in [0.2, 0.25) is 0 Å². The van der Waals surface area contributed by atoms with E-state index >= 15 is 0 Å². The number of hydrogen-bond donors (Lipinski definition) is 0. The molecule has 4 rings (SSSR count). The van der Waals surface area contributed by atoms with E-state index in [1.54, 1.807) is 13.2 Å². The molecular formula is C21H25N3O2. The molecule has 0 aromatic heterocycles. The predicted molar refractivity (Wildman–Crippen MR) is 98.4 cm³/mol. The summed E-state index contributed by atoms with van der Waals surface area (Å²) < 4.78 is 12.0. The van der Waals surface area contributed by atoms with E-state index in [1.807, 2.05) is 19.9 Å². The van der Waals surface area contributed by atoms with Gasteiger partial charge in [-0.2, -0.15) is 5.26 Å².